The summed E-state index contributed by atoms with van der Waals surface area (Å²) in [6.45, 7) is 15.1. The van der Waals surface area contributed by atoms with E-state index < -0.39 is 0 Å². The molecular weight excluding hydrogens is 420 g/mol. The zero-order valence-corrected chi connectivity index (χ0v) is 19.9. The lowest BCUT2D eigenvalue weighted by atomic mass is 10.1. The molecule has 0 atom stereocenters. The maximum atomic E-state index is 10.9. The third-order valence-electron chi connectivity index (χ3n) is 4.06. The molecule has 3 N–H and O–H groups in total. The molecule has 0 saturated carbocycles. The number of carbonyl (C=O) groups is 1. The Morgan fingerprint density at radius 2 is 1.12 bits per heavy atom. The molecule has 0 aromatic rings. The summed E-state index contributed by atoms with van der Waals surface area (Å²) in [6, 6.07) is 0. The van der Waals surface area contributed by atoms with E-state index in [-0.39, 0.29) is 11.5 Å². The molecule has 10 heteroatoms. The zero-order chi connectivity index (χ0) is 23.8. The molecular formula is C22H44N2O8. The van der Waals surface area contributed by atoms with Crippen LogP contribution in [0, 0.1) is 0 Å². The lowest BCUT2D eigenvalue weighted by Crippen LogP contribution is -2.29. The number of rotatable bonds is 25. The summed E-state index contributed by atoms with van der Waals surface area (Å²) in [5.41, 5.74) is 5.34. The van der Waals surface area contributed by atoms with Crippen molar-refractivity contribution in [3.8, 4) is 0 Å². The average molecular weight is 465 g/mol. The molecule has 32 heavy (non-hydrogen) atoms. The summed E-state index contributed by atoms with van der Waals surface area (Å²) >= 11 is 0. The standard InChI is InChI=1S/C22H44N2O8/c1-4-21(25)24-7-8-26-9-10-27-11-12-28-13-14-29-15-16-30-17-18-31-19-20-32-22(2,3)5-6-23/h4H,1,5-20,23H2,2-3H3,(H,24,25). The van der Waals surface area contributed by atoms with Crippen molar-refractivity contribution >= 4 is 5.91 Å². The second-order valence-electron chi connectivity index (χ2n) is 7.32. The molecule has 0 unspecified atom stereocenters. The lowest BCUT2D eigenvalue weighted by molar-refractivity contribution is -0.116. The molecule has 0 aliphatic rings. The van der Waals surface area contributed by atoms with Gasteiger partial charge in [0.25, 0.3) is 0 Å². The van der Waals surface area contributed by atoms with E-state index in [2.05, 4.69) is 11.9 Å². The van der Waals surface area contributed by atoms with E-state index in [9.17, 15) is 4.79 Å². The Hall–Kier alpha value is -1.11. The summed E-state index contributed by atoms with van der Waals surface area (Å²) in [4.78, 5) is 10.9. The third kappa shape index (κ3) is 23.6. The fourth-order valence-electron chi connectivity index (χ4n) is 2.32. The third-order valence-corrected chi connectivity index (χ3v) is 4.06. The molecule has 0 radical (unpaired) electrons. The molecule has 0 fully saturated rings. The van der Waals surface area contributed by atoms with Crippen molar-refractivity contribution in [3.05, 3.63) is 12.7 Å². The summed E-state index contributed by atoms with van der Waals surface area (Å²) in [7, 11) is 0. The minimum atomic E-state index is -0.204. The first-order valence-corrected chi connectivity index (χ1v) is 11.2. The van der Waals surface area contributed by atoms with Crippen molar-refractivity contribution in [3.63, 3.8) is 0 Å². The number of hydrogen-bond acceptors (Lipinski definition) is 9. The minimum absolute atomic E-state index is 0.203. The summed E-state index contributed by atoms with van der Waals surface area (Å²) in [5.74, 6) is -0.204. The second kappa shape index (κ2) is 23.1. The fraction of sp³-hybridized carbons (Fsp3) is 0.864. The topological polar surface area (TPSA) is 120 Å². The smallest absolute Gasteiger partial charge is 0.243 e. The summed E-state index contributed by atoms with van der Waals surface area (Å²) in [6.07, 6.45) is 2.05. The van der Waals surface area contributed by atoms with Gasteiger partial charge in [0.05, 0.1) is 91.5 Å². The maximum absolute atomic E-state index is 10.9. The van der Waals surface area contributed by atoms with E-state index in [1.165, 1.54) is 6.08 Å². The summed E-state index contributed by atoms with van der Waals surface area (Å²) in [5, 5.41) is 2.62. The predicted octanol–water partition coefficient (Wildman–Crippen LogP) is 0.532. The number of nitrogens with one attached hydrogen (secondary N) is 1. The number of amides is 1. The largest absolute Gasteiger partial charge is 0.377 e. The maximum Gasteiger partial charge on any atom is 0.243 e. The predicted molar refractivity (Wildman–Crippen MR) is 122 cm³/mol. The highest BCUT2D eigenvalue weighted by Gasteiger charge is 2.16. The van der Waals surface area contributed by atoms with Crippen LogP contribution in [-0.2, 0) is 38.0 Å². The van der Waals surface area contributed by atoms with Gasteiger partial charge in [0, 0.05) is 6.54 Å². The number of carbonyl (C=O) groups excluding carboxylic acids is 1. The van der Waals surface area contributed by atoms with E-state index >= 15 is 0 Å². The van der Waals surface area contributed by atoms with E-state index in [0.29, 0.717) is 99.0 Å². The number of nitrogens with two attached hydrogens (primary N) is 1. The Balaban J connectivity index is 3.12. The van der Waals surface area contributed by atoms with Gasteiger partial charge in [-0.1, -0.05) is 6.58 Å². The monoisotopic (exact) mass is 464 g/mol. The van der Waals surface area contributed by atoms with Crippen LogP contribution in [0.15, 0.2) is 12.7 Å². The van der Waals surface area contributed by atoms with Gasteiger partial charge in [0.2, 0.25) is 5.91 Å². The first-order valence-electron chi connectivity index (χ1n) is 11.2. The lowest BCUT2D eigenvalue weighted by Gasteiger charge is -2.24. The fourth-order valence-corrected chi connectivity index (χ4v) is 2.32. The minimum Gasteiger partial charge on any atom is -0.377 e. The SMILES string of the molecule is C=CC(=O)NCCOCCOCCOCCOCCOCCOCCOC(C)(C)CCN. The highest BCUT2D eigenvalue weighted by atomic mass is 16.6. The van der Waals surface area contributed by atoms with E-state index in [1.807, 2.05) is 13.8 Å². The van der Waals surface area contributed by atoms with E-state index in [1.54, 1.807) is 0 Å². The van der Waals surface area contributed by atoms with E-state index in [0.717, 1.165) is 6.42 Å². The molecule has 190 valence electrons. The molecule has 0 bridgehead atoms. The number of hydrogen-bond donors (Lipinski definition) is 2. The van der Waals surface area contributed by atoms with Gasteiger partial charge in [-0.3, -0.25) is 4.79 Å². The normalized spacial score (nSPS) is 11.6. The number of ether oxygens (including phenoxy) is 7. The van der Waals surface area contributed by atoms with Crippen LogP contribution < -0.4 is 11.1 Å². The molecule has 0 aromatic carbocycles. The quantitative estimate of drug-likeness (QED) is 0.147. The van der Waals surface area contributed by atoms with Gasteiger partial charge < -0.3 is 44.2 Å². The van der Waals surface area contributed by atoms with E-state index in [4.69, 9.17) is 38.9 Å². The molecule has 0 aromatic heterocycles. The van der Waals surface area contributed by atoms with Crippen LogP contribution in [0.5, 0.6) is 0 Å². The van der Waals surface area contributed by atoms with Crippen LogP contribution >= 0.6 is 0 Å². The second-order valence-corrected chi connectivity index (χ2v) is 7.32. The van der Waals surface area contributed by atoms with Gasteiger partial charge in [-0.2, -0.15) is 0 Å². The van der Waals surface area contributed by atoms with Gasteiger partial charge >= 0.3 is 0 Å². The first-order chi connectivity index (χ1) is 15.5. The van der Waals surface area contributed by atoms with Crippen LogP contribution in [0.2, 0.25) is 0 Å². The summed E-state index contributed by atoms with van der Waals surface area (Å²) < 4.78 is 38.1. The highest BCUT2D eigenvalue weighted by Crippen LogP contribution is 2.12. The van der Waals surface area contributed by atoms with Crippen LogP contribution in [0.4, 0.5) is 0 Å². The van der Waals surface area contributed by atoms with Crippen LogP contribution in [-0.4, -0.2) is 110 Å². The molecule has 0 saturated heterocycles. The van der Waals surface area contributed by atoms with Crippen LogP contribution in [0.3, 0.4) is 0 Å². The molecule has 0 spiro atoms. The van der Waals surface area contributed by atoms with Gasteiger partial charge in [0.1, 0.15) is 0 Å². The molecule has 1 amide bonds. The van der Waals surface area contributed by atoms with Crippen LogP contribution in [0.25, 0.3) is 0 Å². The first kappa shape index (κ1) is 30.9. The van der Waals surface area contributed by atoms with Crippen molar-refractivity contribution in [2.75, 3.05) is 99.0 Å². The van der Waals surface area contributed by atoms with Crippen molar-refractivity contribution in [2.45, 2.75) is 25.9 Å². The van der Waals surface area contributed by atoms with Gasteiger partial charge in [-0.15, -0.1) is 0 Å². The Bertz CT molecular complexity index is 438. The molecule has 10 nitrogen and oxygen atoms in total. The highest BCUT2D eigenvalue weighted by molar-refractivity contribution is 5.86. The van der Waals surface area contributed by atoms with Crippen molar-refractivity contribution in [1.82, 2.24) is 5.32 Å². The molecule has 0 aliphatic carbocycles. The van der Waals surface area contributed by atoms with Crippen molar-refractivity contribution < 1.29 is 38.0 Å². The van der Waals surface area contributed by atoms with Crippen molar-refractivity contribution in [2.24, 2.45) is 5.73 Å². The molecule has 0 aliphatic heterocycles. The Morgan fingerprint density at radius 3 is 1.50 bits per heavy atom. The van der Waals surface area contributed by atoms with Gasteiger partial charge in [-0.05, 0) is 32.9 Å². The molecule has 0 heterocycles. The van der Waals surface area contributed by atoms with Gasteiger partial charge in [-0.25, -0.2) is 0 Å². The Labute approximate surface area is 193 Å². The average Bonchev–Trinajstić information content (AvgIpc) is 2.76. The molecule has 0 rings (SSSR count). The van der Waals surface area contributed by atoms with Crippen LogP contribution in [0.1, 0.15) is 20.3 Å². The Kier molecular flexibility index (Phi) is 22.3. The Morgan fingerprint density at radius 1 is 0.750 bits per heavy atom. The zero-order valence-electron chi connectivity index (χ0n) is 19.9. The van der Waals surface area contributed by atoms with Crippen molar-refractivity contribution in [1.29, 1.82) is 0 Å². The van der Waals surface area contributed by atoms with Gasteiger partial charge in [0.15, 0.2) is 0 Å².